The molecule has 0 radical (unpaired) electrons. The third-order valence-corrected chi connectivity index (χ3v) is 5.30. The Bertz CT molecular complexity index is 1260. The van der Waals surface area contributed by atoms with Crippen molar-refractivity contribution in [3.05, 3.63) is 99.7 Å². The van der Waals surface area contributed by atoms with Crippen molar-refractivity contribution in [3.63, 3.8) is 0 Å². The molecule has 0 aliphatic carbocycles. The number of carbonyl (C=O) groups is 2. The standard InChI is InChI=1S/C25H20BrN3O4/c1-16(19-8-5-9-20(26)14-19)28-29-25(31)21(27-24(30)18-6-3-2-4-7-18)12-17-10-11-22-23(13-17)33-15-32-22/h2-14H,15H2,1H3,(H,27,30)(H,29,31)/b21-12+,28-16-. The number of rotatable bonds is 6. The van der Waals surface area contributed by atoms with Crippen LogP contribution in [0.25, 0.3) is 6.08 Å². The average Bonchev–Trinajstić information content (AvgIpc) is 3.30. The number of hydrogen-bond acceptors (Lipinski definition) is 5. The van der Waals surface area contributed by atoms with Crippen molar-refractivity contribution in [2.75, 3.05) is 6.79 Å². The summed E-state index contributed by atoms with van der Waals surface area (Å²) < 4.78 is 11.6. The second-order valence-corrected chi connectivity index (χ2v) is 8.06. The summed E-state index contributed by atoms with van der Waals surface area (Å²) in [6.07, 6.45) is 1.56. The number of amides is 2. The van der Waals surface area contributed by atoms with Crippen LogP contribution in [0, 0.1) is 0 Å². The quantitative estimate of drug-likeness (QED) is 0.293. The van der Waals surface area contributed by atoms with E-state index >= 15 is 0 Å². The van der Waals surface area contributed by atoms with Crippen LogP contribution in [0.2, 0.25) is 0 Å². The maximum absolute atomic E-state index is 13.0. The minimum atomic E-state index is -0.564. The highest BCUT2D eigenvalue weighted by atomic mass is 79.9. The Hall–Kier alpha value is -3.91. The number of halogens is 1. The first-order valence-electron chi connectivity index (χ1n) is 10.1. The topological polar surface area (TPSA) is 89.0 Å². The monoisotopic (exact) mass is 505 g/mol. The number of benzene rings is 3. The highest BCUT2D eigenvalue weighted by Crippen LogP contribution is 2.33. The van der Waals surface area contributed by atoms with Gasteiger partial charge in [0, 0.05) is 10.0 Å². The molecule has 3 aromatic rings. The predicted molar refractivity (Wildman–Crippen MR) is 129 cm³/mol. The molecule has 0 spiro atoms. The van der Waals surface area contributed by atoms with E-state index in [2.05, 4.69) is 31.8 Å². The molecule has 2 N–H and O–H groups in total. The fourth-order valence-electron chi connectivity index (χ4n) is 3.08. The Morgan fingerprint density at radius 3 is 2.48 bits per heavy atom. The molecule has 1 aliphatic heterocycles. The van der Waals surface area contributed by atoms with E-state index in [-0.39, 0.29) is 12.5 Å². The molecule has 0 saturated carbocycles. The smallest absolute Gasteiger partial charge is 0.287 e. The first-order valence-corrected chi connectivity index (χ1v) is 10.9. The van der Waals surface area contributed by atoms with Crippen molar-refractivity contribution in [2.45, 2.75) is 6.92 Å². The molecule has 8 heteroatoms. The fourth-order valence-corrected chi connectivity index (χ4v) is 3.48. The van der Waals surface area contributed by atoms with Crippen molar-refractivity contribution in [2.24, 2.45) is 5.10 Å². The van der Waals surface area contributed by atoms with Gasteiger partial charge in [0.25, 0.3) is 11.8 Å². The van der Waals surface area contributed by atoms with Crippen LogP contribution >= 0.6 is 15.9 Å². The van der Waals surface area contributed by atoms with Crippen molar-refractivity contribution >= 4 is 39.5 Å². The number of fused-ring (bicyclic) bond motifs is 1. The molecule has 33 heavy (non-hydrogen) atoms. The minimum absolute atomic E-state index is 0.0357. The molecule has 2 amide bonds. The van der Waals surface area contributed by atoms with Crippen LogP contribution in [0.4, 0.5) is 0 Å². The van der Waals surface area contributed by atoms with Gasteiger partial charge in [-0.05, 0) is 60.5 Å². The molecule has 0 atom stereocenters. The zero-order valence-corrected chi connectivity index (χ0v) is 19.3. The first-order chi connectivity index (χ1) is 16.0. The van der Waals surface area contributed by atoms with E-state index in [1.54, 1.807) is 55.5 Å². The number of carbonyl (C=O) groups excluding carboxylic acids is 2. The summed E-state index contributed by atoms with van der Waals surface area (Å²) in [5.41, 5.74) is 5.10. The van der Waals surface area contributed by atoms with Gasteiger partial charge in [-0.2, -0.15) is 5.10 Å². The molecule has 7 nitrogen and oxygen atoms in total. The lowest BCUT2D eigenvalue weighted by molar-refractivity contribution is -0.117. The average molecular weight is 506 g/mol. The molecule has 0 bridgehead atoms. The van der Waals surface area contributed by atoms with Crippen molar-refractivity contribution in [1.29, 1.82) is 0 Å². The molecular formula is C25H20BrN3O4. The van der Waals surface area contributed by atoms with E-state index in [0.29, 0.717) is 28.3 Å². The Balaban J connectivity index is 1.59. The van der Waals surface area contributed by atoms with Crippen molar-refractivity contribution < 1.29 is 19.1 Å². The van der Waals surface area contributed by atoms with E-state index in [1.165, 1.54) is 0 Å². The largest absolute Gasteiger partial charge is 0.454 e. The fraction of sp³-hybridized carbons (Fsp3) is 0.0800. The number of nitrogens with zero attached hydrogens (tertiary/aromatic N) is 1. The van der Waals surface area contributed by atoms with Crippen LogP contribution in [0.15, 0.2) is 88.1 Å². The molecule has 0 aromatic heterocycles. The second kappa shape index (κ2) is 10.1. The maximum Gasteiger partial charge on any atom is 0.287 e. The predicted octanol–water partition coefficient (Wildman–Crippen LogP) is 4.49. The normalized spacial score (nSPS) is 12.9. The Morgan fingerprint density at radius 2 is 1.70 bits per heavy atom. The summed E-state index contributed by atoms with van der Waals surface area (Å²) in [5.74, 6) is 0.221. The van der Waals surface area contributed by atoms with Gasteiger partial charge in [0.1, 0.15) is 5.70 Å². The van der Waals surface area contributed by atoms with Gasteiger partial charge in [-0.15, -0.1) is 0 Å². The van der Waals surface area contributed by atoms with Crippen LogP contribution in [0.3, 0.4) is 0 Å². The summed E-state index contributed by atoms with van der Waals surface area (Å²) in [6.45, 7) is 1.93. The highest BCUT2D eigenvalue weighted by molar-refractivity contribution is 9.10. The van der Waals surface area contributed by atoms with Crippen LogP contribution in [-0.2, 0) is 4.79 Å². The van der Waals surface area contributed by atoms with E-state index in [4.69, 9.17) is 9.47 Å². The zero-order chi connectivity index (χ0) is 23.2. The van der Waals surface area contributed by atoms with E-state index in [0.717, 1.165) is 10.0 Å². The van der Waals surface area contributed by atoms with E-state index < -0.39 is 11.8 Å². The SMILES string of the molecule is C/C(=N/NC(=O)/C(=C\c1ccc2c(c1)OCO2)NC(=O)c1ccccc1)c1cccc(Br)c1. The number of hydrogen-bond donors (Lipinski definition) is 2. The molecule has 3 aromatic carbocycles. The van der Waals surface area contributed by atoms with Crippen molar-refractivity contribution in [1.82, 2.24) is 10.7 Å². The van der Waals surface area contributed by atoms with Gasteiger partial charge in [-0.1, -0.05) is 52.3 Å². The lowest BCUT2D eigenvalue weighted by Crippen LogP contribution is -2.33. The molecule has 4 rings (SSSR count). The third-order valence-electron chi connectivity index (χ3n) is 4.80. The number of hydrazone groups is 1. The molecule has 166 valence electrons. The lowest BCUT2D eigenvalue weighted by atomic mass is 10.1. The van der Waals surface area contributed by atoms with Gasteiger partial charge in [0.05, 0.1) is 5.71 Å². The van der Waals surface area contributed by atoms with Gasteiger partial charge in [-0.25, -0.2) is 5.43 Å². The van der Waals surface area contributed by atoms with Gasteiger partial charge < -0.3 is 14.8 Å². The maximum atomic E-state index is 13.0. The van der Waals surface area contributed by atoms with Crippen LogP contribution < -0.4 is 20.2 Å². The van der Waals surface area contributed by atoms with Gasteiger partial charge in [0.15, 0.2) is 11.5 Å². The van der Waals surface area contributed by atoms with Crippen LogP contribution in [0.5, 0.6) is 11.5 Å². The Kier molecular flexibility index (Phi) is 6.85. The number of nitrogens with one attached hydrogen (secondary N) is 2. The zero-order valence-electron chi connectivity index (χ0n) is 17.7. The summed E-state index contributed by atoms with van der Waals surface area (Å²) in [6, 6.07) is 21.5. The third kappa shape index (κ3) is 5.67. The van der Waals surface area contributed by atoms with Gasteiger partial charge in [0.2, 0.25) is 6.79 Å². The summed E-state index contributed by atoms with van der Waals surface area (Å²) >= 11 is 3.42. The van der Waals surface area contributed by atoms with E-state index in [9.17, 15) is 9.59 Å². The summed E-state index contributed by atoms with van der Waals surface area (Å²) in [7, 11) is 0. The van der Waals surface area contributed by atoms with E-state index in [1.807, 2.05) is 30.3 Å². The second-order valence-electron chi connectivity index (χ2n) is 7.14. The molecule has 1 heterocycles. The highest BCUT2D eigenvalue weighted by Gasteiger charge is 2.17. The Morgan fingerprint density at radius 1 is 0.939 bits per heavy atom. The molecule has 0 fully saturated rings. The molecule has 0 saturated heterocycles. The lowest BCUT2D eigenvalue weighted by Gasteiger charge is -2.10. The van der Waals surface area contributed by atoms with Crippen molar-refractivity contribution in [3.8, 4) is 11.5 Å². The van der Waals surface area contributed by atoms with Crippen LogP contribution in [-0.4, -0.2) is 24.3 Å². The van der Waals surface area contributed by atoms with Crippen LogP contribution in [0.1, 0.15) is 28.4 Å². The van der Waals surface area contributed by atoms with Gasteiger partial charge in [-0.3, -0.25) is 9.59 Å². The molecular weight excluding hydrogens is 486 g/mol. The molecule has 1 aliphatic rings. The summed E-state index contributed by atoms with van der Waals surface area (Å²) in [4.78, 5) is 25.7. The number of ether oxygens (including phenoxy) is 2. The first kappa shape index (κ1) is 22.3. The Labute approximate surface area is 199 Å². The molecule has 0 unspecified atom stereocenters. The summed E-state index contributed by atoms with van der Waals surface area (Å²) in [5, 5.41) is 6.88. The minimum Gasteiger partial charge on any atom is -0.454 e. The van der Waals surface area contributed by atoms with Gasteiger partial charge >= 0.3 is 0 Å².